The van der Waals surface area contributed by atoms with Crippen LogP contribution in [0.25, 0.3) is 11.1 Å². The molecule has 1 heterocycles. The smallest absolute Gasteiger partial charge is 0.0568 e. The average molecular weight is 277 g/mol. The Hall–Kier alpha value is -2.39. The molecule has 0 bridgehead atoms. The van der Waals surface area contributed by atoms with Gasteiger partial charge in [-0.15, -0.1) is 0 Å². The maximum Gasteiger partial charge on any atom is 0.0568 e. The van der Waals surface area contributed by atoms with Crippen LogP contribution in [0.4, 0.5) is 0 Å². The molecule has 0 saturated heterocycles. The third-order valence-electron chi connectivity index (χ3n) is 3.68. The number of benzene rings is 2. The minimum Gasteiger partial charge on any atom is -0.324 e. The summed E-state index contributed by atoms with van der Waals surface area (Å²) in [6, 6.07) is 18.8. The van der Waals surface area contributed by atoms with E-state index < -0.39 is 0 Å². The van der Waals surface area contributed by atoms with Crippen molar-refractivity contribution in [2.24, 2.45) is 12.8 Å². The van der Waals surface area contributed by atoms with Gasteiger partial charge in [0.15, 0.2) is 0 Å². The molecular formula is C18H19N3. The van der Waals surface area contributed by atoms with Gasteiger partial charge in [0, 0.05) is 24.8 Å². The van der Waals surface area contributed by atoms with Crippen LogP contribution in [0.15, 0.2) is 67.0 Å². The molecule has 0 radical (unpaired) electrons. The Kier molecular flexibility index (Phi) is 3.84. The van der Waals surface area contributed by atoms with E-state index in [2.05, 4.69) is 41.5 Å². The molecule has 0 amide bonds. The Morgan fingerprint density at radius 3 is 2.33 bits per heavy atom. The maximum atomic E-state index is 6.27. The van der Waals surface area contributed by atoms with Gasteiger partial charge in [-0.25, -0.2) is 0 Å². The third kappa shape index (κ3) is 3.20. The molecular weight excluding hydrogens is 258 g/mol. The van der Waals surface area contributed by atoms with E-state index in [9.17, 15) is 0 Å². The van der Waals surface area contributed by atoms with Crippen LogP contribution < -0.4 is 5.73 Å². The zero-order valence-corrected chi connectivity index (χ0v) is 12.1. The van der Waals surface area contributed by atoms with Crippen LogP contribution in [0.3, 0.4) is 0 Å². The topological polar surface area (TPSA) is 43.8 Å². The number of nitrogens with zero attached hydrogens (tertiary/aromatic N) is 2. The molecule has 0 fully saturated rings. The second kappa shape index (κ2) is 5.94. The lowest BCUT2D eigenvalue weighted by Gasteiger charge is -2.12. The Morgan fingerprint density at radius 1 is 1.00 bits per heavy atom. The summed E-state index contributed by atoms with van der Waals surface area (Å²) in [5.41, 5.74) is 11.0. The van der Waals surface area contributed by atoms with Crippen molar-refractivity contribution < 1.29 is 0 Å². The van der Waals surface area contributed by atoms with Crippen molar-refractivity contribution in [3.63, 3.8) is 0 Å². The number of hydrogen-bond acceptors (Lipinski definition) is 2. The summed E-state index contributed by atoms with van der Waals surface area (Å²) in [6.45, 7) is 0. The monoisotopic (exact) mass is 277 g/mol. The summed E-state index contributed by atoms with van der Waals surface area (Å²) >= 11 is 0. The standard InChI is InChI=1S/C18H19N3/c1-21-13-17(12-20-21)15-9-7-14(8-10-15)11-18(19)16-5-3-2-4-6-16/h2-10,12-13,18H,11,19H2,1H3. The summed E-state index contributed by atoms with van der Waals surface area (Å²) in [5, 5.41) is 4.20. The second-order valence-corrected chi connectivity index (χ2v) is 5.32. The molecule has 21 heavy (non-hydrogen) atoms. The predicted octanol–water partition coefficient (Wildman–Crippen LogP) is 3.33. The summed E-state index contributed by atoms with van der Waals surface area (Å²) in [5.74, 6) is 0. The molecule has 3 aromatic rings. The van der Waals surface area contributed by atoms with E-state index in [1.807, 2.05) is 42.3 Å². The first-order chi connectivity index (χ1) is 10.2. The fourth-order valence-electron chi connectivity index (χ4n) is 2.48. The fraction of sp³-hybridized carbons (Fsp3) is 0.167. The highest BCUT2D eigenvalue weighted by atomic mass is 15.2. The first-order valence-corrected chi connectivity index (χ1v) is 7.11. The molecule has 2 aromatic carbocycles. The highest BCUT2D eigenvalue weighted by Crippen LogP contribution is 2.21. The number of nitrogens with two attached hydrogens (primary N) is 1. The average Bonchev–Trinajstić information content (AvgIpc) is 2.95. The van der Waals surface area contributed by atoms with Crippen molar-refractivity contribution in [2.45, 2.75) is 12.5 Å². The highest BCUT2D eigenvalue weighted by molar-refractivity contribution is 5.61. The molecule has 106 valence electrons. The molecule has 3 nitrogen and oxygen atoms in total. The minimum atomic E-state index is 0.0374. The summed E-state index contributed by atoms with van der Waals surface area (Å²) in [6.07, 6.45) is 4.74. The zero-order valence-electron chi connectivity index (χ0n) is 12.1. The Labute approximate surface area is 125 Å². The van der Waals surface area contributed by atoms with E-state index in [0.717, 1.165) is 12.0 Å². The quantitative estimate of drug-likeness (QED) is 0.795. The van der Waals surface area contributed by atoms with Crippen LogP contribution in [0.5, 0.6) is 0 Å². The van der Waals surface area contributed by atoms with E-state index in [0.29, 0.717) is 0 Å². The van der Waals surface area contributed by atoms with E-state index in [1.54, 1.807) is 0 Å². The molecule has 0 aliphatic rings. The summed E-state index contributed by atoms with van der Waals surface area (Å²) in [7, 11) is 1.93. The summed E-state index contributed by atoms with van der Waals surface area (Å²) in [4.78, 5) is 0. The molecule has 3 rings (SSSR count). The van der Waals surface area contributed by atoms with Gasteiger partial charge >= 0.3 is 0 Å². The van der Waals surface area contributed by atoms with Crippen molar-refractivity contribution in [3.8, 4) is 11.1 Å². The molecule has 0 aliphatic carbocycles. The van der Waals surface area contributed by atoms with E-state index in [-0.39, 0.29) is 6.04 Å². The largest absolute Gasteiger partial charge is 0.324 e. The molecule has 3 heteroatoms. The Balaban J connectivity index is 1.73. The lowest BCUT2D eigenvalue weighted by atomic mass is 9.98. The van der Waals surface area contributed by atoms with Crippen molar-refractivity contribution in [1.29, 1.82) is 0 Å². The van der Waals surface area contributed by atoms with Crippen LogP contribution in [0.2, 0.25) is 0 Å². The SMILES string of the molecule is Cn1cc(-c2ccc(CC(N)c3ccccc3)cc2)cn1. The molecule has 0 aliphatic heterocycles. The number of aryl methyl sites for hydroxylation is 1. The highest BCUT2D eigenvalue weighted by Gasteiger charge is 2.07. The van der Waals surface area contributed by atoms with Crippen molar-refractivity contribution in [2.75, 3.05) is 0 Å². The van der Waals surface area contributed by atoms with Gasteiger partial charge in [-0.1, -0.05) is 54.6 Å². The zero-order chi connectivity index (χ0) is 14.7. The number of rotatable bonds is 4. The molecule has 0 spiro atoms. The molecule has 0 saturated carbocycles. The van der Waals surface area contributed by atoms with Gasteiger partial charge in [0.05, 0.1) is 6.20 Å². The van der Waals surface area contributed by atoms with Crippen LogP contribution in [-0.4, -0.2) is 9.78 Å². The lowest BCUT2D eigenvalue weighted by molar-refractivity contribution is 0.722. The molecule has 2 N–H and O–H groups in total. The Morgan fingerprint density at radius 2 is 1.71 bits per heavy atom. The van der Waals surface area contributed by atoms with Crippen molar-refractivity contribution >= 4 is 0 Å². The van der Waals surface area contributed by atoms with Crippen molar-refractivity contribution in [1.82, 2.24) is 9.78 Å². The van der Waals surface area contributed by atoms with Gasteiger partial charge in [0.1, 0.15) is 0 Å². The van der Waals surface area contributed by atoms with E-state index >= 15 is 0 Å². The normalized spacial score (nSPS) is 12.3. The van der Waals surface area contributed by atoms with E-state index in [1.165, 1.54) is 16.7 Å². The van der Waals surface area contributed by atoms with Crippen LogP contribution in [-0.2, 0) is 13.5 Å². The van der Waals surface area contributed by atoms with Crippen LogP contribution in [0, 0.1) is 0 Å². The fourth-order valence-corrected chi connectivity index (χ4v) is 2.48. The van der Waals surface area contributed by atoms with Crippen LogP contribution >= 0.6 is 0 Å². The number of hydrogen-bond donors (Lipinski definition) is 1. The molecule has 1 atom stereocenters. The lowest BCUT2D eigenvalue weighted by Crippen LogP contribution is -2.13. The van der Waals surface area contributed by atoms with Gasteiger partial charge in [-0.05, 0) is 23.1 Å². The maximum absolute atomic E-state index is 6.27. The summed E-state index contributed by atoms with van der Waals surface area (Å²) < 4.78 is 1.81. The predicted molar refractivity (Wildman–Crippen MR) is 85.7 cm³/mol. The van der Waals surface area contributed by atoms with Gasteiger partial charge in [0.25, 0.3) is 0 Å². The van der Waals surface area contributed by atoms with Gasteiger partial charge < -0.3 is 5.73 Å². The Bertz CT molecular complexity index is 699. The first kappa shape index (κ1) is 13.6. The number of aromatic nitrogens is 2. The van der Waals surface area contributed by atoms with Crippen molar-refractivity contribution in [3.05, 3.63) is 78.1 Å². The van der Waals surface area contributed by atoms with Crippen LogP contribution in [0.1, 0.15) is 17.2 Å². The third-order valence-corrected chi connectivity index (χ3v) is 3.68. The molecule has 1 aromatic heterocycles. The van der Waals surface area contributed by atoms with Gasteiger partial charge in [-0.2, -0.15) is 5.10 Å². The van der Waals surface area contributed by atoms with E-state index in [4.69, 9.17) is 5.73 Å². The first-order valence-electron chi connectivity index (χ1n) is 7.11. The molecule has 1 unspecified atom stereocenters. The minimum absolute atomic E-state index is 0.0374. The van der Waals surface area contributed by atoms with Gasteiger partial charge in [-0.3, -0.25) is 4.68 Å². The van der Waals surface area contributed by atoms with Gasteiger partial charge in [0.2, 0.25) is 0 Å². The second-order valence-electron chi connectivity index (χ2n) is 5.32.